The Bertz CT molecular complexity index is 433. The number of benzene rings is 1. The summed E-state index contributed by atoms with van der Waals surface area (Å²) in [4.78, 5) is 14.0. The quantitative estimate of drug-likeness (QED) is 0.904. The van der Waals surface area contributed by atoms with Gasteiger partial charge >= 0.3 is 0 Å². The van der Waals surface area contributed by atoms with E-state index in [2.05, 4.69) is 26.0 Å². The second-order valence-electron chi connectivity index (χ2n) is 6.09. The summed E-state index contributed by atoms with van der Waals surface area (Å²) in [7, 11) is 1.85. The second kappa shape index (κ2) is 5.74. The van der Waals surface area contributed by atoms with Crippen molar-refractivity contribution in [3.8, 4) is 0 Å². The van der Waals surface area contributed by atoms with Gasteiger partial charge in [-0.25, -0.2) is 0 Å². The number of rotatable bonds is 4. The zero-order valence-corrected chi connectivity index (χ0v) is 12.1. The highest BCUT2D eigenvalue weighted by atomic mass is 16.2. The Kier molecular flexibility index (Phi) is 4.25. The first kappa shape index (κ1) is 14.1. The Labute approximate surface area is 115 Å². The van der Waals surface area contributed by atoms with Crippen LogP contribution in [-0.4, -0.2) is 19.0 Å². The van der Waals surface area contributed by atoms with Gasteiger partial charge in [-0.2, -0.15) is 0 Å². The number of nitrogens with zero attached hydrogens (tertiary/aromatic N) is 1. The third-order valence-corrected chi connectivity index (χ3v) is 3.82. The molecule has 3 heteroatoms. The molecule has 0 heterocycles. The minimum atomic E-state index is 0.121. The van der Waals surface area contributed by atoms with Crippen molar-refractivity contribution in [1.82, 2.24) is 0 Å². The number of carbonyl (C=O) groups excluding carboxylic acids is 1. The number of hydrogen-bond acceptors (Lipinski definition) is 2. The average molecular weight is 260 g/mol. The van der Waals surface area contributed by atoms with Crippen molar-refractivity contribution in [2.24, 2.45) is 17.6 Å². The molecule has 2 N–H and O–H groups in total. The highest BCUT2D eigenvalue weighted by Crippen LogP contribution is 2.29. The van der Waals surface area contributed by atoms with Crippen LogP contribution in [0.1, 0.15) is 32.3 Å². The highest BCUT2D eigenvalue weighted by molar-refractivity contribution is 5.95. The van der Waals surface area contributed by atoms with Crippen molar-refractivity contribution in [1.29, 1.82) is 0 Å². The maximum atomic E-state index is 12.2. The molecular weight excluding hydrogens is 236 g/mol. The van der Waals surface area contributed by atoms with E-state index in [9.17, 15) is 4.79 Å². The standard InChI is InChI=1S/C16H24N2O/c1-11(2)8-12-4-6-15(7-5-12)18(3)16(19)13-9-14(17)10-13/h4-7,11,13-14H,8-10,17H2,1-3H3. The third-order valence-electron chi connectivity index (χ3n) is 3.82. The Morgan fingerprint density at radius 2 is 1.89 bits per heavy atom. The molecule has 1 aliphatic rings. The summed E-state index contributed by atoms with van der Waals surface area (Å²) in [6.07, 6.45) is 2.73. The van der Waals surface area contributed by atoms with Crippen LogP contribution < -0.4 is 10.6 Å². The summed E-state index contributed by atoms with van der Waals surface area (Å²) >= 11 is 0. The molecule has 1 fully saturated rings. The number of nitrogens with two attached hydrogens (primary N) is 1. The van der Waals surface area contributed by atoms with Crippen LogP contribution in [0.3, 0.4) is 0 Å². The zero-order valence-electron chi connectivity index (χ0n) is 12.1. The minimum Gasteiger partial charge on any atom is -0.328 e. The molecule has 0 saturated heterocycles. The van der Waals surface area contributed by atoms with Crippen LogP contribution in [0.15, 0.2) is 24.3 Å². The SMILES string of the molecule is CC(C)Cc1ccc(N(C)C(=O)C2CC(N)C2)cc1. The highest BCUT2D eigenvalue weighted by Gasteiger charge is 2.34. The summed E-state index contributed by atoms with van der Waals surface area (Å²) in [5.41, 5.74) is 8.04. The number of amides is 1. The van der Waals surface area contributed by atoms with E-state index in [1.807, 2.05) is 19.2 Å². The number of carbonyl (C=O) groups is 1. The van der Waals surface area contributed by atoms with E-state index in [4.69, 9.17) is 5.73 Å². The van der Waals surface area contributed by atoms with Crippen LogP contribution in [0.25, 0.3) is 0 Å². The normalized spacial score (nSPS) is 22.2. The maximum absolute atomic E-state index is 12.2. The molecule has 104 valence electrons. The summed E-state index contributed by atoms with van der Waals surface area (Å²) in [5, 5.41) is 0. The van der Waals surface area contributed by atoms with Crippen LogP contribution in [0.4, 0.5) is 5.69 Å². The Morgan fingerprint density at radius 3 is 2.37 bits per heavy atom. The van der Waals surface area contributed by atoms with Gasteiger partial charge in [0.2, 0.25) is 5.91 Å². The lowest BCUT2D eigenvalue weighted by molar-refractivity contribution is -0.124. The van der Waals surface area contributed by atoms with Crippen molar-refractivity contribution in [3.63, 3.8) is 0 Å². The van der Waals surface area contributed by atoms with E-state index in [-0.39, 0.29) is 17.9 Å². The van der Waals surface area contributed by atoms with Crippen LogP contribution in [0.2, 0.25) is 0 Å². The summed E-state index contributed by atoms with van der Waals surface area (Å²) in [6.45, 7) is 4.42. The lowest BCUT2D eigenvalue weighted by atomic mass is 9.80. The molecule has 0 aliphatic heterocycles. The molecule has 0 aromatic heterocycles. The van der Waals surface area contributed by atoms with Crippen molar-refractivity contribution in [2.75, 3.05) is 11.9 Å². The van der Waals surface area contributed by atoms with Gasteiger partial charge in [0.25, 0.3) is 0 Å². The van der Waals surface area contributed by atoms with Gasteiger partial charge in [0, 0.05) is 24.7 Å². The fourth-order valence-electron chi connectivity index (χ4n) is 2.59. The predicted molar refractivity (Wildman–Crippen MR) is 79.1 cm³/mol. The first-order valence-electron chi connectivity index (χ1n) is 7.09. The van der Waals surface area contributed by atoms with Crippen LogP contribution >= 0.6 is 0 Å². The fraction of sp³-hybridized carbons (Fsp3) is 0.562. The molecule has 0 bridgehead atoms. The molecule has 1 saturated carbocycles. The lowest BCUT2D eigenvalue weighted by Crippen LogP contribution is -2.45. The van der Waals surface area contributed by atoms with Gasteiger partial charge in [0.05, 0.1) is 0 Å². The molecule has 0 unspecified atom stereocenters. The summed E-state index contributed by atoms with van der Waals surface area (Å²) < 4.78 is 0. The van der Waals surface area contributed by atoms with Gasteiger partial charge in [-0.1, -0.05) is 26.0 Å². The fourth-order valence-corrected chi connectivity index (χ4v) is 2.59. The Hall–Kier alpha value is -1.35. The van der Waals surface area contributed by atoms with Crippen molar-refractivity contribution >= 4 is 11.6 Å². The Morgan fingerprint density at radius 1 is 1.32 bits per heavy atom. The van der Waals surface area contributed by atoms with Crippen molar-refractivity contribution < 1.29 is 4.79 Å². The van der Waals surface area contributed by atoms with Gasteiger partial charge < -0.3 is 10.6 Å². The molecule has 1 amide bonds. The number of anilines is 1. The van der Waals surface area contributed by atoms with E-state index in [0.29, 0.717) is 5.92 Å². The second-order valence-corrected chi connectivity index (χ2v) is 6.09. The van der Waals surface area contributed by atoms with Gasteiger partial charge in [-0.3, -0.25) is 4.79 Å². The maximum Gasteiger partial charge on any atom is 0.229 e. The van der Waals surface area contributed by atoms with E-state index in [0.717, 1.165) is 24.9 Å². The minimum absolute atomic E-state index is 0.121. The smallest absolute Gasteiger partial charge is 0.229 e. The molecule has 1 aliphatic carbocycles. The lowest BCUT2D eigenvalue weighted by Gasteiger charge is -2.34. The average Bonchev–Trinajstić information content (AvgIpc) is 2.33. The van der Waals surface area contributed by atoms with Crippen LogP contribution in [0.5, 0.6) is 0 Å². The molecule has 1 aromatic rings. The van der Waals surface area contributed by atoms with Crippen LogP contribution in [0, 0.1) is 11.8 Å². The molecule has 1 aromatic carbocycles. The van der Waals surface area contributed by atoms with Gasteiger partial charge in [0.1, 0.15) is 0 Å². The predicted octanol–water partition coefficient (Wildman–Crippen LogP) is 2.59. The molecule has 0 spiro atoms. The first-order valence-corrected chi connectivity index (χ1v) is 7.09. The molecule has 19 heavy (non-hydrogen) atoms. The van der Waals surface area contributed by atoms with E-state index < -0.39 is 0 Å². The molecule has 0 atom stereocenters. The summed E-state index contributed by atoms with van der Waals surface area (Å²) in [5.74, 6) is 0.968. The van der Waals surface area contributed by atoms with Crippen molar-refractivity contribution in [3.05, 3.63) is 29.8 Å². The van der Waals surface area contributed by atoms with E-state index >= 15 is 0 Å². The van der Waals surface area contributed by atoms with Crippen molar-refractivity contribution in [2.45, 2.75) is 39.2 Å². The van der Waals surface area contributed by atoms with Gasteiger partial charge in [-0.05, 0) is 42.9 Å². The Balaban J connectivity index is 1.99. The molecule has 3 nitrogen and oxygen atoms in total. The topological polar surface area (TPSA) is 46.3 Å². The van der Waals surface area contributed by atoms with Crippen LogP contribution in [-0.2, 0) is 11.2 Å². The molecular formula is C16H24N2O. The molecule has 0 radical (unpaired) electrons. The van der Waals surface area contributed by atoms with Gasteiger partial charge in [0.15, 0.2) is 0 Å². The monoisotopic (exact) mass is 260 g/mol. The molecule has 2 rings (SSSR count). The third kappa shape index (κ3) is 3.35. The van der Waals surface area contributed by atoms with E-state index in [1.165, 1.54) is 5.56 Å². The van der Waals surface area contributed by atoms with E-state index in [1.54, 1.807) is 4.90 Å². The summed E-state index contributed by atoms with van der Waals surface area (Å²) in [6, 6.07) is 8.52. The largest absolute Gasteiger partial charge is 0.328 e. The first-order chi connectivity index (χ1) is 8.97. The van der Waals surface area contributed by atoms with Gasteiger partial charge in [-0.15, -0.1) is 0 Å². The zero-order chi connectivity index (χ0) is 14.0. The number of hydrogen-bond donors (Lipinski definition) is 1.